The molecule has 0 unspecified atom stereocenters. The van der Waals surface area contributed by atoms with Gasteiger partial charge in [0, 0.05) is 6.54 Å². The van der Waals surface area contributed by atoms with Gasteiger partial charge in [0.05, 0.1) is 21.4 Å². The lowest BCUT2D eigenvalue weighted by Gasteiger charge is -2.09. The second-order valence-electron chi connectivity index (χ2n) is 4.54. The van der Waals surface area contributed by atoms with E-state index in [4.69, 9.17) is 11.6 Å². The van der Waals surface area contributed by atoms with Crippen molar-refractivity contribution in [3.8, 4) is 0 Å². The molecular formula is C15H16ClNO2S. The molecule has 0 radical (unpaired) electrons. The molecule has 0 aliphatic carbocycles. The number of halogens is 1. The van der Waals surface area contributed by atoms with E-state index in [1.807, 2.05) is 25.1 Å². The SMILES string of the molecule is Cc1ccc(S(=O)(=O)CCNc2ccccc2Cl)cc1. The third-order valence-electron chi connectivity index (χ3n) is 2.94. The summed E-state index contributed by atoms with van der Waals surface area (Å²) in [5.41, 5.74) is 1.78. The fourth-order valence-corrected chi connectivity index (χ4v) is 3.15. The molecule has 0 saturated carbocycles. The number of aryl methyl sites for hydroxylation is 1. The van der Waals surface area contributed by atoms with Crippen LogP contribution in [0.15, 0.2) is 53.4 Å². The Morgan fingerprint density at radius 1 is 1.05 bits per heavy atom. The summed E-state index contributed by atoms with van der Waals surface area (Å²) in [7, 11) is -3.27. The van der Waals surface area contributed by atoms with E-state index in [0.29, 0.717) is 16.5 Å². The van der Waals surface area contributed by atoms with E-state index < -0.39 is 9.84 Å². The summed E-state index contributed by atoms with van der Waals surface area (Å²) in [6.45, 7) is 2.25. The average Bonchev–Trinajstić information content (AvgIpc) is 2.41. The van der Waals surface area contributed by atoms with Crippen LogP contribution in [0.2, 0.25) is 5.02 Å². The van der Waals surface area contributed by atoms with E-state index in [9.17, 15) is 8.42 Å². The molecule has 2 rings (SSSR count). The summed E-state index contributed by atoms with van der Waals surface area (Å²) in [6.07, 6.45) is 0. The van der Waals surface area contributed by atoms with Crippen LogP contribution in [0.4, 0.5) is 5.69 Å². The van der Waals surface area contributed by atoms with Gasteiger partial charge in [0.15, 0.2) is 9.84 Å². The number of hydrogen-bond acceptors (Lipinski definition) is 3. The van der Waals surface area contributed by atoms with Gasteiger partial charge in [-0.3, -0.25) is 0 Å². The lowest BCUT2D eigenvalue weighted by Crippen LogP contribution is -2.16. The van der Waals surface area contributed by atoms with Crippen molar-refractivity contribution in [2.24, 2.45) is 0 Å². The Morgan fingerprint density at radius 2 is 1.70 bits per heavy atom. The highest BCUT2D eigenvalue weighted by Gasteiger charge is 2.13. The first-order valence-electron chi connectivity index (χ1n) is 6.27. The van der Waals surface area contributed by atoms with Gasteiger partial charge >= 0.3 is 0 Å². The molecule has 20 heavy (non-hydrogen) atoms. The number of nitrogens with one attached hydrogen (secondary N) is 1. The van der Waals surface area contributed by atoms with Crippen LogP contribution in [0, 0.1) is 6.92 Å². The Balaban J connectivity index is 2.00. The molecule has 0 fully saturated rings. The van der Waals surface area contributed by atoms with Gasteiger partial charge in [0.25, 0.3) is 0 Å². The third-order valence-corrected chi connectivity index (χ3v) is 5.00. The van der Waals surface area contributed by atoms with E-state index in [2.05, 4.69) is 5.32 Å². The van der Waals surface area contributed by atoms with Crippen LogP contribution in [0.1, 0.15) is 5.56 Å². The van der Waals surface area contributed by atoms with Crippen molar-refractivity contribution in [2.45, 2.75) is 11.8 Å². The minimum absolute atomic E-state index is 0.0291. The molecule has 0 aromatic heterocycles. The average molecular weight is 310 g/mol. The zero-order valence-corrected chi connectivity index (χ0v) is 12.7. The van der Waals surface area contributed by atoms with Gasteiger partial charge in [-0.15, -0.1) is 0 Å². The van der Waals surface area contributed by atoms with Gasteiger partial charge in [-0.05, 0) is 31.2 Å². The summed E-state index contributed by atoms with van der Waals surface area (Å²) in [6, 6.07) is 14.1. The Kier molecular flexibility index (Phi) is 4.68. The highest BCUT2D eigenvalue weighted by atomic mass is 35.5. The smallest absolute Gasteiger partial charge is 0.180 e. The van der Waals surface area contributed by atoms with Gasteiger partial charge in [0.2, 0.25) is 0 Å². The maximum atomic E-state index is 12.1. The van der Waals surface area contributed by atoms with E-state index in [1.165, 1.54) is 0 Å². The largest absolute Gasteiger partial charge is 0.383 e. The van der Waals surface area contributed by atoms with Gasteiger partial charge < -0.3 is 5.32 Å². The number of hydrogen-bond donors (Lipinski definition) is 1. The van der Waals surface area contributed by atoms with Crippen molar-refractivity contribution in [3.05, 3.63) is 59.1 Å². The molecule has 1 N–H and O–H groups in total. The number of sulfone groups is 1. The molecule has 0 atom stereocenters. The fraction of sp³-hybridized carbons (Fsp3) is 0.200. The molecular weight excluding hydrogens is 294 g/mol. The molecule has 106 valence electrons. The van der Waals surface area contributed by atoms with Gasteiger partial charge in [-0.25, -0.2) is 8.42 Å². The molecule has 2 aromatic rings. The molecule has 0 spiro atoms. The van der Waals surface area contributed by atoms with Gasteiger partial charge in [-0.1, -0.05) is 41.4 Å². The van der Waals surface area contributed by atoms with Crippen LogP contribution in [0.5, 0.6) is 0 Å². The molecule has 0 bridgehead atoms. The van der Waals surface area contributed by atoms with E-state index in [1.54, 1.807) is 30.3 Å². The summed E-state index contributed by atoms with van der Waals surface area (Å²) in [5.74, 6) is 0.0291. The zero-order valence-electron chi connectivity index (χ0n) is 11.1. The predicted octanol–water partition coefficient (Wildman–Crippen LogP) is 3.53. The lowest BCUT2D eigenvalue weighted by atomic mass is 10.2. The minimum atomic E-state index is -3.27. The molecule has 3 nitrogen and oxygen atoms in total. The number of para-hydroxylation sites is 1. The molecule has 0 saturated heterocycles. The van der Waals surface area contributed by atoms with Crippen LogP contribution in [-0.4, -0.2) is 20.7 Å². The molecule has 0 aliphatic rings. The van der Waals surface area contributed by atoms with Crippen molar-refractivity contribution in [3.63, 3.8) is 0 Å². The highest BCUT2D eigenvalue weighted by Crippen LogP contribution is 2.20. The van der Waals surface area contributed by atoms with Crippen LogP contribution >= 0.6 is 11.6 Å². The minimum Gasteiger partial charge on any atom is -0.383 e. The molecule has 0 aliphatic heterocycles. The molecule has 5 heteroatoms. The number of anilines is 1. The summed E-state index contributed by atoms with van der Waals surface area (Å²) < 4.78 is 24.3. The van der Waals surface area contributed by atoms with Crippen LogP contribution in [0.3, 0.4) is 0 Å². The van der Waals surface area contributed by atoms with Crippen molar-refractivity contribution >= 4 is 27.1 Å². The third kappa shape index (κ3) is 3.74. The molecule has 2 aromatic carbocycles. The van der Waals surface area contributed by atoms with Crippen LogP contribution in [0.25, 0.3) is 0 Å². The lowest BCUT2D eigenvalue weighted by molar-refractivity contribution is 0.596. The van der Waals surface area contributed by atoms with Crippen LogP contribution in [-0.2, 0) is 9.84 Å². The Hall–Kier alpha value is -1.52. The maximum Gasteiger partial charge on any atom is 0.180 e. The van der Waals surface area contributed by atoms with E-state index >= 15 is 0 Å². The standard InChI is InChI=1S/C15H16ClNO2S/c1-12-6-8-13(9-7-12)20(18,19)11-10-17-15-5-3-2-4-14(15)16/h2-9,17H,10-11H2,1H3. The van der Waals surface area contributed by atoms with Crippen molar-refractivity contribution in [2.75, 3.05) is 17.6 Å². The maximum absolute atomic E-state index is 12.1. The van der Waals surface area contributed by atoms with E-state index in [-0.39, 0.29) is 5.75 Å². The van der Waals surface area contributed by atoms with Crippen molar-refractivity contribution in [1.29, 1.82) is 0 Å². The quantitative estimate of drug-likeness (QED) is 0.919. The summed E-state index contributed by atoms with van der Waals surface area (Å²) in [5, 5.41) is 3.62. The monoisotopic (exact) mass is 309 g/mol. The second-order valence-corrected chi connectivity index (χ2v) is 7.05. The number of benzene rings is 2. The topological polar surface area (TPSA) is 46.2 Å². The first kappa shape index (κ1) is 14.9. The van der Waals surface area contributed by atoms with Crippen molar-refractivity contribution in [1.82, 2.24) is 0 Å². The van der Waals surface area contributed by atoms with Crippen molar-refractivity contribution < 1.29 is 8.42 Å². The first-order valence-corrected chi connectivity index (χ1v) is 8.30. The second kappa shape index (κ2) is 6.29. The summed E-state index contributed by atoms with van der Waals surface area (Å²) in [4.78, 5) is 0.351. The number of rotatable bonds is 5. The molecule has 0 amide bonds. The first-order chi connectivity index (χ1) is 9.49. The van der Waals surface area contributed by atoms with E-state index in [0.717, 1.165) is 11.3 Å². The highest BCUT2D eigenvalue weighted by molar-refractivity contribution is 7.91. The predicted molar refractivity (Wildman–Crippen MR) is 83.2 cm³/mol. The summed E-state index contributed by atoms with van der Waals surface area (Å²) >= 11 is 6.00. The van der Waals surface area contributed by atoms with Gasteiger partial charge in [0.1, 0.15) is 0 Å². The Bertz CT molecular complexity index is 681. The fourth-order valence-electron chi connectivity index (χ4n) is 1.79. The Morgan fingerprint density at radius 3 is 2.35 bits per heavy atom. The van der Waals surface area contributed by atoms with Crippen LogP contribution < -0.4 is 5.32 Å². The normalized spacial score (nSPS) is 11.3. The zero-order chi connectivity index (χ0) is 14.6. The Labute approximate surface area is 124 Å². The molecule has 0 heterocycles. The van der Waals surface area contributed by atoms with Gasteiger partial charge in [-0.2, -0.15) is 0 Å².